The molecule has 8 heteroatoms. The summed E-state index contributed by atoms with van der Waals surface area (Å²) in [6, 6.07) is 9.64. The van der Waals surface area contributed by atoms with Crippen molar-refractivity contribution in [2.75, 3.05) is 24.5 Å². The number of aromatic nitrogens is 1. The molecule has 1 atom stereocenters. The summed E-state index contributed by atoms with van der Waals surface area (Å²) in [5, 5.41) is 0.402. The van der Waals surface area contributed by atoms with Gasteiger partial charge in [-0.05, 0) is 55.8 Å². The third kappa shape index (κ3) is 4.59. The highest BCUT2D eigenvalue weighted by Crippen LogP contribution is 2.31. The molecule has 1 N–H and O–H groups in total. The summed E-state index contributed by atoms with van der Waals surface area (Å²) in [5.41, 5.74) is 1.16. The highest BCUT2D eigenvalue weighted by Gasteiger charge is 2.36. The third-order valence-electron chi connectivity index (χ3n) is 4.46. The van der Waals surface area contributed by atoms with E-state index in [4.69, 9.17) is 11.6 Å². The van der Waals surface area contributed by atoms with Gasteiger partial charge in [0.15, 0.2) is 0 Å². The van der Waals surface area contributed by atoms with Gasteiger partial charge in [-0.3, -0.25) is 9.69 Å². The van der Waals surface area contributed by atoms with Crippen LogP contribution in [0.3, 0.4) is 0 Å². The van der Waals surface area contributed by atoms with Crippen LogP contribution < -0.4 is 4.90 Å². The zero-order chi connectivity index (χ0) is 18.7. The van der Waals surface area contributed by atoms with Gasteiger partial charge in [0.1, 0.15) is 6.54 Å². The molecular weight excluding hydrogens is 367 g/mol. The molecule has 140 valence electrons. The average Bonchev–Trinajstić information content (AvgIpc) is 3.23. The molecule has 0 spiro atoms. The number of rotatable bonds is 5. The van der Waals surface area contributed by atoms with E-state index in [0.29, 0.717) is 11.6 Å². The molecule has 0 saturated carbocycles. The maximum atomic E-state index is 13.0. The van der Waals surface area contributed by atoms with E-state index in [1.54, 1.807) is 6.20 Å². The Morgan fingerprint density at radius 2 is 2.00 bits per heavy atom. The summed E-state index contributed by atoms with van der Waals surface area (Å²) >= 11 is 5.81. The van der Waals surface area contributed by atoms with Crippen LogP contribution in [0, 0.1) is 0 Å². The van der Waals surface area contributed by atoms with Crippen molar-refractivity contribution in [1.82, 2.24) is 9.88 Å². The second-order valence-electron chi connectivity index (χ2n) is 6.33. The molecule has 2 heterocycles. The van der Waals surface area contributed by atoms with E-state index in [1.165, 1.54) is 24.3 Å². The zero-order valence-electron chi connectivity index (χ0n) is 14.0. The molecule has 0 aliphatic carbocycles. The van der Waals surface area contributed by atoms with Crippen molar-refractivity contribution in [3.63, 3.8) is 0 Å². The van der Waals surface area contributed by atoms with E-state index in [1.807, 2.05) is 17.0 Å². The molecule has 1 fully saturated rings. The van der Waals surface area contributed by atoms with Crippen LogP contribution >= 0.6 is 11.6 Å². The van der Waals surface area contributed by atoms with Crippen molar-refractivity contribution in [3.8, 4) is 0 Å². The normalized spacial score (nSPS) is 18.2. The fraction of sp³-hybridized carbons (Fsp3) is 0.389. The van der Waals surface area contributed by atoms with E-state index in [2.05, 4.69) is 4.98 Å². The molecule has 0 radical (unpaired) electrons. The third-order valence-corrected chi connectivity index (χ3v) is 4.71. The first-order chi connectivity index (χ1) is 12.3. The van der Waals surface area contributed by atoms with Crippen molar-refractivity contribution >= 4 is 23.2 Å². The Morgan fingerprint density at radius 3 is 2.62 bits per heavy atom. The van der Waals surface area contributed by atoms with E-state index in [9.17, 15) is 18.0 Å². The molecule has 3 rings (SSSR count). The molecule has 1 aliphatic rings. The molecule has 1 aromatic carbocycles. The summed E-state index contributed by atoms with van der Waals surface area (Å²) < 4.78 is 39.0. The zero-order valence-corrected chi connectivity index (χ0v) is 14.7. The fourth-order valence-electron chi connectivity index (χ4n) is 3.30. The van der Waals surface area contributed by atoms with Crippen LogP contribution in [0.5, 0.6) is 0 Å². The van der Waals surface area contributed by atoms with Crippen LogP contribution in [-0.2, 0) is 4.79 Å². The highest BCUT2D eigenvalue weighted by atomic mass is 35.5. The lowest BCUT2D eigenvalue weighted by Crippen LogP contribution is -2.44. The van der Waals surface area contributed by atoms with E-state index < -0.39 is 18.6 Å². The number of benzene rings is 1. The van der Waals surface area contributed by atoms with E-state index >= 15 is 0 Å². The molecule has 26 heavy (non-hydrogen) atoms. The summed E-state index contributed by atoms with van der Waals surface area (Å²) in [7, 11) is 0. The van der Waals surface area contributed by atoms with Crippen LogP contribution in [0.2, 0.25) is 5.02 Å². The maximum absolute atomic E-state index is 13.0. The van der Waals surface area contributed by atoms with Crippen LogP contribution in [-0.4, -0.2) is 41.6 Å². The molecule has 1 saturated heterocycles. The number of carbonyl (C=O) groups is 1. The predicted molar refractivity (Wildman–Crippen MR) is 94.2 cm³/mol. The lowest BCUT2D eigenvalue weighted by Gasteiger charge is -2.29. The minimum absolute atomic E-state index is 0.0203. The Hall–Kier alpha value is -1.99. The second-order valence-corrected chi connectivity index (χ2v) is 6.76. The van der Waals surface area contributed by atoms with E-state index in [-0.39, 0.29) is 18.3 Å². The summed E-state index contributed by atoms with van der Waals surface area (Å²) in [6.07, 6.45) is -0.915. The van der Waals surface area contributed by atoms with Gasteiger partial charge >= 0.3 is 6.18 Å². The van der Waals surface area contributed by atoms with Crippen LogP contribution in [0.1, 0.15) is 24.6 Å². The first kappa shape index (κ1) is 18.8. The van der Waals surface area contributed by atoms with Gasteiger partial charge in [0.05, 0.1) is 12.6 Å². The molecule has 0 unspecified atom stereocenters. The number of likely N-dealkylation sites (tertiary alicyclic amines) is 1. The Kier molecular flexibility index (Phi) is 5.58. The topological polar surface area (TPSA) is 39.3 Å². The number of aromatic amines is 1. The molecule has 4 nitrogen and oxygen atoms in total. The van der Waals surface area contributed by atoms with Crippen LogP contribution in [0.15, 0.2) is 42.6 Å². The van der Waals surface area contributed by atoms with Crippen molar-refractivity contribution in [2.45, 2.75) is 25.1 Å². The maximum Gasteiger partial charge on any atom is 0.406 e. The van der Waals surface area contributed by atoms with Gasteiger partial charge in [-0.1, -0.05) is 11.6 Å². The molecule has 2 aromatic rings. The van der Waals surface area contributed by atoms with Crippen LogP contribution in [0.25, 0.3) is 0 Å². The Morgan fingerprint density at radius 1 is 1.27 bits per heavy atom. The van der Waals surface area contributed by atoms with Gasteiger partial charge in [-0.25, -0.2) is 0 Å². The number of hydrogen-bond donors (Lipinski definition) is 1. The number of alkyl halides is 3. The minimum Gasteiger partial charge on any atom is -0.364 e. The molecular formula is C18H19ClF3N3O. The number of anilines is 1. The first-order valence-corrected chi connectivity index (χ1v) is 8.71. The van der Waals surface area contributed by atoms with Gasteiger partial charge in [-0.15, -0.1) is 0 Å². The largest absolute Gasteiger partial charge is 0.406 e. The minimum atomic E-state index is -4.49. The molecule has 1 aliphatic heterocycles. The smallest absolute Gasteiger partial charge is 0.364 e. The standard InChI is InChI=1S/C18H19ClF3N3O/c19-13-5-7-14(8-6-13)25(12-18(20,21)22)17(26)11-24-10-2-4-16(24)15-3-1-9-23-15/h1,3,5-9,16,23H,2,4,10-12H2/t16-/m0/s1. The monoisotopic (exact) mass is 385 g/mol. The Labute approximate surface area is 154 Å². The number of H-pyrrole nitrogens is 1. The molecule has 1 aromatic heterocycles. The van der Waals surface area contributed by atoms with Gasteiger partial charge in [-0.2, -0.15) is 13.2 Å². The number of hydrogen-bond acceptors (Lipinski definition) is 2. The predicted octanol–water partition coefficient (Wildman–Crippen LogP) is 4.40. The average molecular weight is 386 g/mol. The van der Waals surface area contributed by atoms with Gasteiger partial charge < -0.3 is 9.88 Å². The highest BCUT2D eigenvalue weighted by molar-refractivity contribution is 6.30. The molecule has 1 amide bonds. The van der Waals surface area contributed by atoms with Gasteiger partial charge in [0, 0.05) is 22.6 Å². The van der Waals surface area contributed by atoms with Gasteiger partial charge in [0.25, 0.3) is 0 Å². The summed E-state index contributed by atoms with van der Waals surface area (Å²) in [6.45, 7) is -0.716. The van der Waals surface area contributed by atoms with Crippen molar-refractivity contribution in [3.05, 3.63) is 53.3 Å². The summed E-state index contributed by atoms with van der Waals surface area (Å²) in [4.78, 5) is 18.5. The number of nitrogens with zero attached hydrogens (tertiary/aromatic N) is 2. The van der Waals surface area contributed by atoms with Crippen molar-refractivity contribution in [2.24, 2.45) is 0 Å². The van der Waals surface area contributed by atoms with Crippen molar-refractivity contribution in [1.29, 1.82) is 0 Å². The second kappa shape index (κ2) is 7.72. The molecule has 0 bridgehead atoms. The number of amides is 1. The Bertz CT molecular complexity index is 731. The summed E-state index contributed by atoms with van der Waals surface area (Å²) in [5.74, 6) is -0.580. The van der Waals surface area contributed by atoms with Gasteiger partial charge in [0.2, 0.25) is 5.91 Å². The SMILES string of the molecule is O=C(CN1CCC[C@H]1c1ccc[nH]1)N(CC(F)(F)F)c1ccc(Cl)cc1. The number of carbonyl (C=O) groups excluding carboxylic acids is 1. The Balaban J connectivity index is 1.77. The first-order valence-electron chi connectivity index (χ1n) is 8.33. The lowest BCUT2D eigenvalue weighted by molar-refractivity contribution is -0.133. The van der Waals surface area contributed by atoms with Crippen molar-refractivity contribution < 1.29 is 18.0 Å². The fourth-order valence-corrected chi connectivity index (χ4v) is 3.43. The van der Waals surface area contributed by atoms with Crippen LogP contribution in [0.4, 0.5) is 18.9 Å². The van der Waals surface area contributed by atoms with E-state index in [0.717, 1.165) is 23.4 Å². The quantitative estimate of drug-likeness (QED) is 0.828. The number of nitrogens with one attached hydrogen (secondary N) is 1. The lowest BCUT2D eigenvalue weighted by atomic mass is 10.1. The number of halogens is 4.